The third-order valence-corrected chi connectivity index (χ3v) is 7.46. The van der Waals surface area contributed by atoms with E-state index in [-0.39, 0.29) is 5.91 Å². The zero-order valence-corrected chi connectivity index (χ0v) is 18.3. The molecule has 4 rings (SSSR count). The normalized spacial score (nSPS) is 20.4. The van der Waals surface area contributed by atoms with Crippen LogP contribution in [0, 0.1) is 6.92 Å². The average Bonchev–Trinajstić information content (AvgIpc) is 3.21. The van der Waals surface area contributed by atoms with E-state index in [0.29, 0.717) is 16.7 Å². The second-order valence-corrected chi connectivity index (χ2v) is 8.84. The quantitative estimate of drug-likeness (QED) is 0.558. The lowest BCUT2D eigenvalue weighted by molar-refractivity contribution is -0.122. The molecular formula is C21H20ClN3OS2. The van der Waals surface area contributed by atoms with Crippen molar-refractivity contribution in [3.63, 3.8) is 0 Å². The first kappa shape index (κ1) is 19.4. The van der Waals surface area contributed by atoms with E-state index in [4.69, 9.17) is 16.6 Å². The Balaban J connectivity index is 1.74. The van der Waals surface area contributed by atoms with Crippen LogP contribution in [0.5, 0.6) is 0 Å². The number of aliphatic imine (C=N–C) groups is 1. The van der Waals surface area contributed by atoms with Crippen molar-refractivity contribution in [2.24, 2.45) is 4.99 Å². The van der Waals surface area contributed by atoms with Crippen LogP contribution in [0.1, 0.15) is 19.4 Å². The summed E-state index contributed by atoms with van der Waals surface area (Å²) in [7, 11) is 0. The largest absolute Gasteiger partial charge is 0.334 e. The number of para-hydroxylation sites is 1. The summed E-state index contributed by atoms with van der Waals surface area (Å²) in [5.74, 6) is 0.0122. The fourth-order valence-electron chi connectivity index (χ4n) is 3.18. The molecule has 0 radical (unpaired) electrons. The molecule has 0 bridgehead atoms. The molecule has 0 saturated carbocycles. The molecule has 2 aromatic carbocycles. The van der Waals surface area contributed by atoms with Crippen molar-refractivity contribution in [1.82, 2.24) is 4.90 Å². The number of aryl methyl sites for hydroxylation is 1. The maximum absolute atomic E-state index is 13.2. The van der Waals surface area contributed by atoms with Crippen LogP contribution in [0.25, 0.3) is 0 Å². The monoisotopic (exact) mass is 429 g/mol. The van der Waals surface area contributed by atoms with Gasteiger partial charge >= 0.3 is 0 Å². The Morgan fingerprint density at radius 3 is 2.50 bits per heavy atom. The molecule has 2 aliphatic rings. The van der Waals surface area contributed by atoms with Gasteiger partial charge in [-0.2, -0.15) is 0 Å². The van der Waals surface area contributed by atoms with E-state index in [1.54, 1.807) is 16.7 Å². The van der Waals surface area contributed by atoms with Crippen LogP contribution in [-0.4, -0.2) is 29.1 Å². The smallest absolute Gasteiger partial charge is 0.269 e. The average molecular weight is 430 g/mol. The van der Waals surface area contributed by atoms with Crippen LogP contribution in [0.15, 0.2) is 62.3 Å². The predicted octanol–water partition coefficient (Wildman–Crippen LogP) is 6.03. The number of amides is 1. The second-order valence-electron chi connectivity index (χ2n) is 6.43. The molecular weight excluding hydrogens is 410 g/mol. The molecule has 28 heavy (non-hydrogen) atoms. The van der Waals surface area contributed by atoms with E-state index in [1.807, 2.05) is 44.2 Å². The van der Waals surface area contributed by atoms with Crippen molar-refractivity contribution in [3.05, 3.63) is 63.0 Å². The lowest BCUT2D eigenvalue weighted by Gasteiger charge is -2.19. The third kappa shape index (κ3) is 3.34. The number of carbonyl (C=O) groups is 1. The molecule has 7 heteroatoms. The van der Waals surface area contributed by atoms with Gasteiger partial charge in [0, 0.05) is 23.0 Å². The van der Waals surface area contributed by atoms with E-state index in [0.717, 1.165) is 33.4 Å². The SMILES string of the molecule is CCN1C(=O)/C(=C2/Sc3ccccc3N2CC)SC1=Nc1ccc(C)c(Cl)c1. The number of likely N-dealkylation sites (N-methyl/N-ethyl adjacent to an activating group) is 1. The van der Waals surface area contributed by atoms with Crippen LogP contribution < -0.4 is 4.90 Å². The lowest BCUT2D eigenvalue weighted by Crippen LogP contribution is -2.29. The Hall–Kier alpha value is -1.89. The molecule has 2 aliphatic heterocycles. The van der Waals surface area contributed by atoms with Crippen LogP contribution >= 0.6 is 35.1 Å². The molecule has 0 aromatic heterocycles. The van der Waals surface area contributed by atoms with Crippen molar-refractivity contribution in [2.45, 2.75) is 25.7 Å². The molecule has 4 nitrogen and oxygen atoms in total. The van der Waals surface area contributed by atoms with Crippen molar-refractivity contribution < 1.29 is 4.79 Å². The highest BCUT2D eigenvalue weighted by atomic mass is 35.5. The van der Waals surface area contributed by atoms with E-state index in [2.05, 4.69) is 24.0 Å². The summed E-state index contributed by atoms with van der Waals surface area (Å²) in [4.78, 5) is 23.7. The van der Waals surface area contributed by atoms with Gasteiger partial charge in [0.25, 0.3) is 5.91 Å². The summed E-state index contributed by atoms with van der Waals surface area (Å²) >= 11 is 9.34. The number of thioether (sulfide) groups is 2. The van der Waals surface area contributed by atoms with Crippen LogP contribution in [-0.2, 0) is 4.79 Å². The number of carbonyl (C=O) groups excluding carboxylic acids is 1. The summed E-state index contributed by atoms with van der Waals surface area (Å²) in [5, 5.41) is 2.36. The number of nitrogens with zero attached hydrogens (tertiary/aromatic N) is 3. The first-order valence-corrected chi connectivity index (χ1v) is 11.2. The molecule has 1 saturated heterocycles. The summed E-state index contributed by atoms with van der Waals surface area (Å²) in [6, 6.07) is 14.0. The summed E-state index contributed by atoms with van der Waals surface area (Å²) in [6.07, 6.45) is 0. The van der Waals surface area contributed by atoms with E-state index >= 15 is 0 Å². The van der Waals surface area contributed by atoms with Gasteiger partial charge in [-0.15, -0.1) is 0 Å². The molecule has 1 fully saturated rings. The number of hydrogen-bond acceptors (Lipinski definition) is 5. The van der Waals surface area contributed by atoms with Gasteiger partial charge in [-0.05, 0) is 62.4 Å². The fraction of sp³-hybridized carbons (Fsp3) is 0.238. The van der Waals surface area contributed by atoms with Gasteiger partial charge in [-0.3, -0.25) is 9.69 Å². The van der Waals surface area contributed by atoms with Crippen LogP contribution in [0.4, 0.5) is 11.4 Å². The van der Waals surface area contributed by atoms with Crippen molar-refractivity contribution in [2.75, 3.05) is 18.0 Å². The van der Waals surface area contributed by atoms with E-state index in [9.17, 15) is 4.79 Å². The molecule has 2 aromatic rings. The number of fused-ring (bicyclic) bond motifs is 1. The molecule has 2 heterocycles. The molecule has 0 N–H and O–H groups in total. The molecule has 0 spiro atoms. The number of rotatable bonds is 3. The molecule has 0 unspecified atom stereocenters. The maximum atomic E-state index is 13.2. The number of benzene rings is 2. The number of halogens is 1. The van der Waals surface area contributed by atoms with Gasteiger partial charge in [0.05, 0.1) is 11.4 Å². The van der Waals surface area contributed by atoms with Crippen molar-refractivity contribution in [1.29, 1.82) is 0 Å². The van der Waals surface area contributed by atoms with Gasteiger partial charge in [-0.25, -0.2) is 4.99 Å². The number of anilines is 1. The Bertz CT molecular complexity index is 1020. The highest BCUT2D eigenvalue weighted by Crippen LogP contribution is 2.50. The minimum atomic E-state index is 0.0122. The van der Waals surface area contributed by atoms with Gasteiger partial charge < -0.3 is 4.90 Å². The Morgan fingerprint density at radius 2 is 1.79 bits per heavy atom. The standard InChI is InChI=1S/C21H20ClN3OS2/c1-4-24-16-8-6-7-9-17(16)27-20(24)18-19(26)25(5-2)21(28-18)23-14-11-10-13(3)15(22)12-14/h6-12H,4-5H2,1-3H3/b20-18-,23-21?. The predicted molar refractivity (Wildman–Crippen MR) is 121 cm³/mol. The maximum Gasteiger partial charge on any atom is 0.269 e. The van der Waals surface area contributed by atoms with E-state index in [1.165, 1.54) is 16.7 Å². The van der Waals surface area contributed by atoms with Crippen LogP contribution in [0.2, 0.25) is 5.02 Å². The first-order valence-electron chi connectivity index (χ1n) is 9.16. The minimum absolute atomic E-state index is 0.0122. The van der Waals surface area contributed by atoms with Crippen molar-refractivity contribution >= 4 is 57.6 Å². The van der Waals surface area contributed by atoms with Crippen molar-refractivity contribution in [3.8, 4) is 0 Å². The highest BCUT2D eigenvalue weighted by molar-refractivity contribution is 8.19. The minimum Gasteiger partial charge on any atom is -0.334 e. The van der Waals surface area contributed by atoms with E-state index < -0.39 is 0 Å². The van der Waals surface area contributed by atoms with Gasteiger partial charge in [0.15, 0.2) is 5.17 Å². The zero-order valence-electron chi connectivity index (χ0n) is 15.9. The Kier molecular flexibility index (Phi) is 5.45. The number of amidine groups is 1. The summed E-state index contributed by atoms with van der Waals surface area (Å²) < 4.78 is 0. The third-order valence-electron chi connectivity index (χ3n) is 4.68. The lowest BCUT2D eigenvalue weighted by atomic mass is 10.2. The number of hydrogen-bond donors (Lipinski definition) is 0. The fourth-order valence-corrected chi connectivity index (χ4v) is 5.81. The first-order chi connectivity index (χ1) is 13.5. The van der Waals surface area contributed by atoms with Gasteiger partial charge in [0.2, 0.25) is 0 Å². The molecule has 0 aliphatic carbocycles. The molecule has 0 atom stereocenters. The molecule has 144 valence electrons. The molecule has 1 amide bonds. The summed E-state index contributed by atoms with van der Waals surface area (Å²) in [6.45, 7) is 7.42. The highest BCUT2D eigenvalue weighted by Gasteiger charge is 2.38. The Morgan fingerprint density at radius 1 is 1.04 bits per heavy atom. The zero-order chi connectivity index (χ0) is 19.8. The summed E-state index contributed by atoms with van der Waals surface area (Å²) in [5.41, 5.74) is 2.92. The van der Waals surface area contributed by atoms with Gasteiger partial charge in [0.1, 0.15) is 9.93 Å². The topological polar surface area (TPSA) is 35.9 Å². The Labute approximate surface area is 178 Å². The van der Waals surface area contributed by atoms with Crippen LogP contribution in [0.3, 0.4) is 0 Å². The second kappa shape index (κ2) is 7.85. The van der Waals surface area contributed by atoms with Gasteiger partial charge in [-0.1, -0.05) is 41.6 Å².